The van der Waals surface area contributed by atoms with E-state index in [0.717, 1.165) is 18.9 Å². The Kier molecular flexibility index (Phi) is 3.18. The number of hydrogen-bond acceptors (Lipinski definition) is 6. The molecule has 1 saturated heterocycles. The fourth-order valence-corrected chi connectivity index (χ4v) is 2.32. The second-order valence-corrected chi connectivity index (χ2v) is 4.48. The third-order valence-corrected chi connectivity index (χ3v) is 3.26. The van der Waals surface area contributed by atoms with E-state index in [0.29, 0.717) is 18.9 Å². The number of H-pyrrole nitrogens is 1. The minimum atomic E-state index is -0.275. The molecule has 19 heavy (non-hydrogen) atoms. The lowest BCUT2D eigenvalue weighted by atomic mass is 10.2. The molecule has 2 aromatic heterocycles. The molecule has 1 atom stereocenters. The van der Waals surface area contributed by atoms with E-state index in [2.05, 4.69) is 25.4 Å². The third-order valence-electron chi connectivity index (χ3n) is 3.26. The quantitative estimate of drug-likeness (QED) is 0.727. The summed E-state index contributed by atoms with van der Waals surface area (Å²) in [5.41, 5.74) is 0.299. The van der Waals surface area contributed by atoms with Crippen molar-refractivity contribution in [3.05, 3.63) is 22.9 Å². The SMILES string of the molecule is CNCC1COCCN1c1cc2n[nH]c(=O)n2cn1. The van der Waals surface area contributed by atoms with Gasteiger partial charge in [-0.15, -0.1) is 0 Å². The molecule has 1 aliphatic rings. The van der Waals surface area contributed by atoms with Crippen molar-refractivity contribution in [3.8, 4) is 0 Å². The van der Waals surface area contributed by atoms with Crippen molar-refractivity contribution in [3.63, 3.8) is 0 Å². The summed E-state index contributed by atoms with van der Waals surface area (Å²) < 4.78 is 6.88. The first kappa shape index (κ1) is 12.1. The summed E-state index contributed by atoms with van der Waals surface area (Å²) in [6.45, 7) is 2.95. The van der Waals surface area contributed by atoms with Gasteiger partial charge < -0.3 is 15.0 Å². The van der Waals surface area contributed by atoms with Crippen molar-refractivity contribution >= 4 is 11.5 Å². The average Bonchev–Trinajstić information content (AvgIpc) is 2.81. The molecular formula is C11H16N6O2. The number of anilines is 1. The second kappa shape index (κ2) is 4.98. The summed E-state index contributed by atoms with van der Waals surface area (Å²) in [6, 6.07) is 2.05. The molecule has 8 heteroatoms. The van der Waals surface area contributed by atoms with Gasteiger partial charge in [0.25, 0.3) is 0 Å². The molecule has 0 amide bonds. The maximum absolute atomic E-state index is 11.4. The smallest absolute Gasteiger partial charge is 0.348 e. The second-order valence-electron chi connectivity index (χ2n) is 4.48. The zero-order valence-corrected chi connectivity index (χ0v) is 10.7. The van der Waals surface area contributed by atoms with E-state index in [1.807, 2.05) is 13.1 Å². The van der Waals surface area contributed by atoms with Crippen molar-refractivity contribution in [1.82, 2.24) is 24.9 Å². The molecule has 0 bridgehead atoms. The summed E-state index contributed by atoms with van der Waals surface area (Å²) in [7, 11) is 1.91. The van der Waals surface area contributed by atoms with Crippen LogP contribution in [0, 0.1) is 0 Å². The van der Waals surface area contributed by atoms with Crippen LogP contribution in [0.5, 0.6) is 0 Å². The van der Waals surface area contributed by atoms with E-state index in [1.165, 1.54) is 10.7 Å². The molecule has 0 aromatic carbocycles. The first-order valence-electron chi connectivity index (χ1n) is 6.21. The van der Waals surface area contributed by atoms with Crippen molar-refractivity contribution in [2.75, 3.05) is 38.3 Å². The third kappa shape index (κ3) is 2.20. The highest BCUT2D eigenvalue weighted by atomic mass is 16.5. The molecular weight excluding hydrogens is 248 g/mol. The number of aromatic amines is 1. The number of hydrogen-bond donors (Lipinski definition) is 2. The fourth-order valence-electron chi connectivity index (χ4n) is 2.32. The Labute approximate surface area is 109 Å². The van der Waals surface area contributed by atoms with Crippen LogP contribution < -0.4 is 15.9 Å². The van der Waals surface area contributed by atoms with Gasteiger partial charge in [-0.05, 0) is 7.05 Å². The van der Waals surface area contributed by atoms with Gasteiger partial charge in [-0.3, -0.25) is 0 Å². The van der Waals surface area contributed by atoms with Gasteiger partial charge in [0.2, 0.25) is 0 Å². The number of nitrogens with zero attached hydrogens (tertiary/aromatic N) is 4. The predicted molar refractivity (Wildman–Crippen MR) is 69.5 cm³/mol. The Hall–Kier alpha value is -1.93. The van der Waals surface area contributed by atoms with Crippen LogP contribution in [-0.4, -0.2) is 59.0 Å². The van der Waals surface area contributed by atoms with Gasteiger partial charge in [0.15, 0.2) is 5.65 Å². The van der Waals surface area contributed by atoms with Gasteiger partial charge in [-0.1, -0.05) is 0 Å². The molecule has 1 aliphatic heterocycles. The molecule has 0 spiro atoms. The molecule has 1 unspecified atom stereocenters. The Bertz CT molecular complexity index is 619. The van der Waals surface area contributed by atoms with E-state index in [1.54, 1.807) is 0 Å². The number of nitrogens with one attached hydrogen (secondary N) is 2. The van der Waals surface area contributed by atoms with Crippen LogP contribution in [0.3, 0.4) is 0 Å². The zero-order chi connectivity index (χ0) is 13.2. The van der Waals surface area contributed by atoms with Crippen LogP contribution >= 0.6 is 0 Å². The van der Waals surface area contributed by atoms with Gasteiger partial charge in [0.05, 0.1) is 19.3 Å². The molecule has 8 nitrogen and oxygen atoms in total. The number of aromatic nitrogens is 4. The van der Waals surface area contributed by atoms with Crippen LogP contribution in [-0.2, 0) is 4.74 Å². The van der Waals surface area contributed by atoms with E-state index < -0.39 is 0 Å². The van der Waals surface area contributed by atoms with Gasteiger partial charge in [-0.25, -0.2) is 19.3 Å². The summed E-state index contributed by atoms with van der Waals surface area (Å²) in [5, 5.41) is 9.51. The topological polar surface area (TPSA) is 87.5 Å². The first-order chi connectivity index (χ1) is 9.29. The minimum absolute atomic E-state index is 0.236. The molecule has 0 aliphatic carbocycles. The first-order valence-corrected chi connectivity index (χ1v) is 6.21. The standard InChI is InChI=1S/C11H16N6O2/c1-12-5-8-6-19-3-2-16(8)9-4-10-14-15-11(18)17(10)7-13-9/h4,7-8,12H,2-3,5-6H2,1H3,(H,15,18). The van der Waals surface area contributed by atoms with E-state index >= 15 is 0 Å². The molecule has 0 saturated carbocycles. The number of ether oxygens (including phenoxy) is 1. The predicted octanol–water partition coefficient (Wildman–Crippen LogP) is -1.16. The fraction of sp³-hybridized carbons (Fsp3) is 0.545. The zero-order valence-electron chi connectivity index (χ0n) is 10.7. The number of rotatable bonds is 3. The Morgan fingerprint density at radius 2 is 2.53 bits per heavy atom. The average molecular weight is 264 g/mol. The number of likely N-dealkylation sites (N-methyl/N-ethyl adjacent to an activating group) is 1. The number of fused-ring (bicyclic) bond motifs is 1. The summed E-state index contributed by atoms with van der Waals surface area (Å²) >= 11 is 0. The van der Waals surface area contributed by atoms with E-state index in [9.17, 15) is 4.79 Å². The van der Waals surface area contributed by atoms with E-state index in [-0.39, 0.29) is 11.7 Å². The molecule has 2 aromatic rings. The van der Waals surface area contributed by atoms with E-state index in [4.69, 9.17) is 4.74 Å². The summed E-state index contributed by atoms with van der Waals surface area (Å²) in [5.74, 6) is 0.815. The summed E-state index contributed by atoms with van der Waals surface area (Å²) in [6.07, 6.45) is 1.50. The monoisotopic (exact) mass is 264 g/mol. The number of morpholine rings is 1. The van der Waals surface area contributed by atoms with Crippen LogP contribution in [0.1, 0.15) is 0 Å². The van der Waals surface area contributed by atoms with Crippen molar-refractivity contribution in [2.24, 2.45) is 0 Å². The Morgan fingerprint density at radius 3 is 3.37 bits per heavy atom. The highest BCUT2D eigenvalue weighted by molar-refractivity contribution is 5.51. The van der Waals surface area contributed by atoms with Crippen LogP contribution in [0.15, 0.2) is 17.2 Å². The molecule has 3 rings (SSSR count). The molecule has 102 valence electrons. The van der Waals surface area contributed by atoms with Crippen molar-refractivity contribution < 1.29 is 4.74 Å². The molecule has 0 radical (unpaired) electrons. The van der Waals surface area contributed by atoms with Crippen molar-refractivity contribution in [2.45, 2.75) is 6.04 Å². The van der Waals surface area contributed by atoms with Crippen LogP contribution in [0.25, 0.3) is 5.65 Å². The largest absolute Gasteiger partial charge is 0.377 e. The lowest BCUT2D eigenvalue weighted by Gasteiger charge is -2.36. The van der Waals surface area contributed by atoms with Gasteiger partial charge in [-0.2, -0.15) is 5.10 Å². The van der Waals surface area contributed by atoms with Crippen LogP contribution in [0.4, 0.5) is 5.82 Å². The normalized spacial score (nSPS) is 20.1. The molecule has 2 N–H and O–H groups in total. The Balaban J connectivity index is 1.94. The highest BCUT2D eigenvalue weighted by Crippen LogP contribution is 2.17. The molecule has 3 heterocycles. The van der Waals surface area contributed by atoms with Crippen LogP contribution in [0.2, 0.25) is 0 Å². The maximum atomic E-state index is 11.4. The lowest BCUT2D eigenvalue weighted by Crippen LogP contribution is -2.50. The lowest BCUT2D eigenvalue weighted by molar-refractivity contribution is 0.0939. The highest BCUT2D eigenvalue weighted by Gasteiger charge is 2.24. The van der Waals surface area contributed by atoms with Crippen molar-refractivity contribution in [1.29, 1.82) is 0 Å². The minimum Gasteiger partial charge on any atom is -0.377 e. The Morgan fingerprint density at radius 1 is 1.63 bits per heavy atom. The van der Waals surface area contributed by atoms with Gasteiger partial charge in [0.1, 0.15) is 12.1 Å². The van der Waals surface area contributed by atoms with Gasteiger partial charge >= 0.3 is 5.69 Å². The summed E-state index contributed by atoms with van der Waals surface area (Å²) in [4.78, 5) is 17.9. The maximum Gasteiger partial charge on any atom is 0.348 e. The molecule has 1 fully saturated rings. The van der Waals surface area contributed by atoms with Gasteiger partial charge in [0, 0.05) is 19.2 Å².